The fourth-order valence-corrected chi connectivity index (χ4v) is 4.23. The van der Waals surface area contributed by atoms with E-state index < -0.39 is 0 Å². The SMILES string of the molecule is O=C(COc1ccc(C(=O)c2ccccc2)cc1)Nc1nc2c(s1)CCCC2. The maximum absolute atomic E-state index is 12.4. The van der Waals surface area contributed by atoms with Gasteiger partial charge in [0.1, 0.15) is 5.75 Å². The molecule has 28 heavy (non-hydrogen) atoms. The molecular formula is C22H20N2O3S. The summed E-state index contributed by atoms with van der Waals surface area (Å²) in [5, 5.41) is 3.45. The van der Waals surface area contributed by atoms with Gasteiger partial charge in [0.05, 0.1) is 5.69 Å². The quantitative estimate of drug-likeness (QED) is 0.636. The molecule has 4 rings (SSSR count). The molecule has 0 saturated carbocycles. The summed E-state index contributed by atoms with van der Waals surface area (Å²) in [6.45, 7) is -0.101. The van der Waals surface area contributed by atoms with E-state index in [2.05, 4.69) is 10.3 Å². The average Bonchev–Trinajstić information content (AvgIpc) is 3.15. The highest BCUT2D eigenvalue weighted by Gasteiger charge is 2.16. The first kappa shape index (κ1) is 18.4. The third-order valence-electron chi connectivity index (χ3n) is 4.61. The van der Waals surface area contributed by atoms with Crippen LogP contribution in [0.5, 0.6) is 5.75 Å². The van der Waals surface area contributed by atoms with Gasteiger partial charge in [0, 0.05) is 16.0 Å². The van der Waals surface area contributed by atoms with Gasteiger partial charge in [0.25, 0.3) is 5.91 Å². The molecule has 3 aromatic rings. The number of carbonyl (C=O) groups is 2. The number of ether oxygens (including phenoxy) is 1. The third-order valence-corrected chi connectivity index (χ3v) is 5.69. The first-order valence-corrected chi connectivity index (χ1v) is 10.1. The van der Waals surface area contributed by atoms with Gasteiger partial charge in [0.2, 0.25) is 0 Å². The number of benzene rings is 2. The lowest BCUT2D eigenvalue weighted by Crippen LogP contribution is -2.20. The first-order valence-electron chi connectivity index (χ1n) is 9.30. The Kier molecular flexibility index (Phi) is 5.48. The number of amides is 1. The second-order valence-electron chi connectivity index (χ2n) is 6.65. The van der Waals surface area contributed by atoms with Crippen molar-refractivity contribution >= 4 is 28.2 Å². The molecule has 0 fully saturated rings. The van der Waals surface area contributed by atoms with Crippen LogP contribution in [0.1, 0.15) is 39.3 Å². The van der Waals surface area contributed by atoms with E-state index in [1.807, 2.05) is 18.2 Å². The Morgan fingerprint density at radius 2 is 1.68 bits per heavy atom. The van der Waals surface area contributed by atoms with Gasteiger partial charge in [-0.25, -0.2) is 4.98 Å². The smallest absolute Gasteiger partial charge is 0.264 e. The molecule has 6 heteroatoms. The number of hydrogen-bond donors (Lipinski definition) is 1. The largest absolute Gasteiger partial charge is 0.484 e. The Labute approximate surface area is 167 Å². The number of hydrogen-bond acceptors (Lipinski definition) is 5. The highest BCUT2D eigenvalue weighted by molar-refractivity contribution is 7.15. The highest BCUT2D eigenvalue weighted by Crippen LogP contribution is 2.29. The van der Waals surface area contributed by atoms with Gasteiger partial charge < -0.3 is 4.74 Å². The van der Waals surface area contributed by atoms with Crippen molar-refractivity contribution in [2.24, 2.45) is 0 Å². The topological polar surface area (TPSA) is 68.3 Å². The van der Waals surface area contributed by atoms with E-state index in [9.17, 15) is 9.59 Å². The lowest BCUT2D eigenvalue weighted by atomic mass is 10.0. The van der Waals surface area contributed by atoms with Crippen LogP contribution in [0, 0.1) is 0 Å². The van der Waals surface area contributed by atoms with Crippen molar-refractivity contribution in [1.29, 1.82) is 0 Å². The predicted octanol–water partition coefficient (Wildman–Crippen LogP) is 4.27. The zero-order valence-corrected chi connectivity index (χ0v) is 16.1. The van der Waals surface area contributed by atoms with E-state index in [4.69, 9.17) is 4.74 Å². The van der Waals surface area contributed by atoms with Gasteiger partial charge in [-0.3, -0.25) is 14.9 Å². The summed E-state index contributed by atoms with van der Waals surface area (Å²) in [6, 6.07) is 15.9. The van der Waals surface area contributed by atoms with E-state index in [1.165, 1.54) is 11.3 Å². The van der Waals surface area contributed by atoms with Gasteiger partial charge in [-0.2, -0.15) is 0 Å². The molecule has 1 aliphatic rings. The summed E-state index contributed by atoms with van der Waals surface area (Å²) in [5.74, 6) is 0.256. The van der Waals surface area contributed by atoms with Crippen molar-refractivity contribution < 1.29 is 14.3 Å². The molecular weight excluding hydrogens is 372 g/mol. The van der Waals surface area contributed by atoms with E-state index in [1.54, 1.807) is 47.7 Å². The van der Waals surface area contributed by atoms with Crippen LogP contribution < -0.4 is 10.1 Å². The minimum absolute atomic E-state index is 0.0439. The van der Waals surface area contributed by atoms with Crippen LogP contribution in [0.4, 0.5) is 5.13 Å². The molecule has 142 valence electrons. The number of anilines is 1. The number of carbonyl (C=O) groups excluding carboxylic acids is 2. The van der Waals surface area contributed by atoms with Gasteiger partial charge in [-0.05, 0) is 49.9 Å². The Balaban J connectivity index is 1.31. The molecule has 1 amide bonds. The highest BCUT2D eigenvalue weighted by atomic mass is 32.1. The Morgan fingerprint density at radius 1 is 0.964 bits per heavy atom. The van der Waals surface area contributed by atoms with E-state index in [0.717, 1.165) is 25.0 Å². The van der Waals surface area contributed by atoms with Gasteiger partial charge in [0.15, 0.2) is 17.5 Å². The minimum Gasteiger partial charge on any atom is -0.484 e. The standard InChI is InChI=1S/C22H20N2O3S/c25-20(24-22-23-18-8-4-5-9-19(18)28-22)14-27-17-12-10-16(11-13-17)21(26)15-6-2-1-3-7-15/h1-3,6-7,10-13H,4-5,8-9,14H2,(H,23,24,25). The Hall–Kier alpha value is -2.99. The molecule has 5 nitrogen and oxygen atoms in total. The molecule has 1 aromatic heterocycles. The van der Waals surface area contributed by atoms with Crippen molar-refractivity contribution in [2.45, 2.75) is 25.7 Å². The van der Waals surface area contributed by atoms with Crippen LogP contribution in [0.25, 0.3) is 0 Å². The summed E-state index contributed by atoms with van der Waals surface area (Å²) in [5.41, 5.74) is 2.34. The summed E-state index contributed by atoms with van der Waals surface area (Å²) in [4.78, 5) is 30.3. The van der Waals surface area contributed by atoms with Gasteiger partial charge >= 0.3 is 0 Å². The number of aromatic nitrogens is 1. The van der Waals surface area contributed by atoms with Gasteiger partial charge in [-0.15, -0.1) is 11.3 Å². The fourth-order valence-electron chi connectivity index (χ4n) is 3.17. The van der Waals surface area contributed by atoms with Crippen molar-refractivity contribution in [1.82, 2.24) is 4.98 Å². The Bertz CT molecular complexity index is 957. The fraction of sp³-hybridized carbons (Fsp3) is 0.227. The van der Waals surface area contributed by atoms with Crippen LogP contribution in [-0.4, -0.2) is 23.3 Å². The van der Waals surface area contributed by atoms with Gasteiger partial charge in [-0.1, -0.05) is 30.3 Å². The molecule has 0 unspecified atom stereocenters. The number of nitrogens with one attached hydrogen (secondary N) is 1. The van der Waals surface area contributed by atoms with E-state index in [0.29, 0.717) is 22.0 Å². The van der Waals surface area contributed by atoms with Crippen LogP contribution >= 0.6 is 11.3 Å². The van der Waals surface area contributed by atoms with E-state index in [-0.39, 0.29) is 18.3 Å². The minimum atomic E-state index is -0.240. The first-order chi connectivity index (χ1) is 13.7. The van der Waals surface area contributed by atoms with Crippen molar-refractivity contribution in [2.75, 3.05) is 11.9 Å². The molecule has 2 aromatic carbocycles. The molecule has 0 spiro atoms. The molecule has 0 bridgehead atoms. The third kappa shape index (κ3) is 4.28. The molecule has 1 N–H and O–H groups in total. The molecule has 0 radical (unpaired) electrons. The monoisotopic (exact) mass is 392 g/mol. The van der Waals surface area contributed by atoms with Crippen molar-refractivity contribution in [3.8, 4) is 5.75 Å². The van der Waals surface area contributed by atoms with Crippen LogP contribution in [0.3, 0.4) is 0 Å². The summed E-state index contributed by atoms with van der Waals surface area (Å²) >= 11 is 1.55. The lowest BCUT2D eigenvalue weighted by molar-refractivity contribution is -0.118. The summed E-state index contributed by atoms with van der Waals surface area (Å²) in [7, 11) is 0. The lowest BCUT2D eigenvalue weighted by Gasteiger charge is -2.07. The maximum Gasteiger partial charge on any atom is 0.264 e. The van der Waals surface area contributed by atoms with Crippen molar-refractivity contribution in [3.63, 3.8) is 0 Å². The number of fused-ring (bicyclic) bond motifs is 1. The number of aryl methyl sites for hydroxylation is 2. The second kappa shape index (κ2) is 8.35. The number of nitrogens with zero attached hydrogens (tertiary/aromatic N) is 1. The zero-order valence-electron chi connectivity index (χ0n) is 15.3. The Morgan fingerprint density at radius 3 is 2.43 bits per heavy atom. The summed E-state index contributed by atoms with van der Waals surface area (Å²) in [6.07, 6.45) is 4.39. The molecule has 1 heterocycles. The van der Waals surface area contributed by atoms with Crippen LogP contribution in [0.2, 0.25) is 0 Å². The molecule has 0 atom stereocenters. The van der Waals surface area contributed by atoms with Crippen molar-refractivity contribution in [3.05, 3.63) is 76.3 Å². The second-order valence-corrected chi connectivity index (χ2v) is 7.74. The number of thiazole rings is 1. The number of ketones is 1. The average molecular weight is 392 g/mol. The van der Waals surface area contributed by atoms with Crippen LogP contribution in [0.15, 0.2) is 54.6 Å². The predicted molar refractivity (Wildman–Crippen MR) is 109 cm³/mol. The molecule has 0 saturated heterocycles. The van der Waals surface area contributed by atoms with Crippen LogP contribution in [-0.2, 0) is 17.6 Å². The molecule has 0 aliphatic heterocycles. The van der Waals surface area contributed by atoms with E-state index >= 15 is 0 Å². The summed E-state index contributed by atoms with van der Waals surface area (Å²) < 4.78 is 5.54. The maximum atomic E-state index is 12.4. The normalized spacial score (nSPS) is 12.9. The molecule has 1 aliphatic carbocycles. The zero-order chi connectivity index (χ0) is 19.3. The number of rotatable bonds is 6.